The lowest BCUT2D eigenvalue weighted by Gasteiger charge is -2.37. The van der Waals surface area contributed by atoms with E-state index in [0.29, 0.717) is 26.1 Å². The maximum Gasteiger partial charge on any atom is 0.224 e. The Hall–Kier alpha value is -1.89. The Kier molecular flexibility index (Phi) is 5.18. The molecule has 1 aliphatic rings. The monoisotopic (exact) mass is 308 g/mol. The molecule has 1 unspecified atom stereocenters. The first-order chi connectivity index (χ1) is 10.5. The molecular formula is C15H24N4O3. The van der Waals surface area contributed by atoms with Crippen LogP contribution in [0.25, 0.3) is 0 Å². The molecule has 7 nitrogen and oxygen atoms in total. The van der Waals surface area contributed by atoms with Crippen molar-refractivity contribution in [3.63, 3.8) is 0 Å². The van der Waals surface area contributed by atoms with Crippen molar-refractivity contribution in [3.05, 3.63) is 18.2 Å². The fourth-order valence-electron chi connectivity index (χ4n) is 3.30. The summed E-state index contributed by atoms with van der Waals surface area (Å²) in [5.74, 6) is 0.514. The molecule has 7 heteroatoms. The lowest BCUT2D eigenvalue weighted by atomic mass is 9.92. The maximum absolute atomic E-state index is 12.6. The van der Waals surface area contributed by atoms with Crippen LogP contribution in [0.15, 0.2) is 12.4 Å². The van der Waals surface area contributed by atoms with Crippen molar-refractivity contribution in [2.75, 3.05) is 20.3 Å². The smallest absolute Gasteiger partial charge is 0.224 e. The van der Waals surface area contributed by atoms with Crippen LogP contribution in [0.3, 0.4) is 0 Å². The Morgan fingerprint density at radius 1 is 1.50 bits per heavy atom. The summed E-state index contributed by atoms with van der Waals surface area (Å²) in [6.07, 6.45) is 5.72. The van der Waals surface area contributed by atoms with Crippen LogP contribution in [0, 0.1) is 6.92 Å². The molecule has 2 amide bonds. The zero-order chi connectivity index (χ0) is 16.2. The zero-order valence-corrected chi connectivity index (χ0v) is 13.2. The first kappa shape index (κ1) is 16.5. The van der Waals surface area contributed by atoms with Gasteiger partial charge in [0, 0.05) is 39.0 Å². The summed E-state index contributed by atoms with van der Waals surface area (Å²) in [4.78, 5) is 29.9. The Labute approximate surface area is 130 Å². The van der Waals surface area contributed by atoms with E-state index in [2.05, 4.69) is 4.98 Å². The van der Waals surface area contributed by atoms with Crippen LogP contribution in [-0.4, -0.2) is 52.1 Å². The van der Waals surface area contributed by atoms with E-state index in [1.807, 2.05) is 17.7 Å². The number of rotatable bonds is 7. The lowest BCUT2D eigenvalue weighted by molar-refractivity contribution is -0.139. The molecule has 2 rings (SSSR count). The van der Waals surface area contributed by atoms with Crippen molar-refractivity contribution in [2.45, 2.75) is 44.7 Å². The van der Waals surface area contributed by atoms with Gasteiger partial charge in [0.05, 0.1) is 18.6 Å². The first-order valence-corrected chi connectivity index (χ1v) is 7.54. The average molecular weight is 308 g/mol. The molecule has 1 aromatic heterocycles. The van der Waals surface area contributed by atoms with Gasteiger partial charge in [-0.15, -0.1) is 0 Å². The van der Waals surface area contributed by atoms with Crippen LogP contribution in [0.1, 0.15) is 31.5 Å². The van der Waals surface area contributed by atoms with Crippen LogP contribution in [0.5, 0.6) is 0 Å². The number of carbonyl (C=O) groups is 2. The molecule has 0 spiro atoms. The highest BCUT2D eigenvalue weighted by atomic mass is 16.5. The summed E-state index contributed by atoms with van der Waals surface area (Å²) < 4.78 is 7.21. The summed E-state index contributed by atoms with van der Waals surface area (Å²) in [6.45, 7) is 3.48. The van der Waals surface area contributed by atoms with E-state index in [1.165, 1.54) is 0 Å². The average Bonchev–Trinajstić information content (AvgIpc) is 3.03. The molecule has 2 heterocycles. The number of aryl methyl sites for hydroxylation is 2. The summed E-state index contributed by atoms with van der Waals surface area (Å²) >= 11 is 0. The van der Waals surface area contributed by atoms with Gasteiger partial charge in [0.15, 0.2) is 0 Å². The second-order valence-electron chi connectivity index (χ2n) is 5.87. The molecule has 0 saturated carbocycles. The third kappa shape index (κ3) is 3.47. The molecule has 1 fully saturated rings. The molecule has 1 aliphatic heterocycles. The Morgan fingerprint density at radius 2 is 2.27 bits per heavy atom. The van der Waals surface area contributed by atoms with E-state index >= 15 is 0 Å². The standard InChI is InChI=1S/C15H24N4O3/c1-12-17-6-9-18(12)8-4-14(21)19-7-3-5-15(19,11-22-2)10-13(16)20/h6,9H,3-5,7-8,10-11H2,1-2H3,(H2,16,20). The van der Waals surface area contributed by atoms with E-state index in [4.69, 9.17) is 10.5 Å². The highest BCUT2D eigenvalue weighted by Crippen LogP contribution is 2.33. The highest BCUT2D eigenvalue weighted by Gasteiger charge is 2.44. The number of nitrogens with two attached hydrogens (primary N) is 1. The number of ether oxygens (including phenoxy) is 1. The van der Waals surface area contributed by atoms with E-state index in [9.17, 15) is 9.59 Å². The normalized spacial score (nSPS) is 21.3. The van der Waals surface area contributed by atoms with E-state index in [-0.39, 0.29) is 12.3 Å². The molecule has 0 aromatic carbocycles. The minimum Gasteiger partial charge on any atom is -0.382 e. The Morgan fingerprint density at radius 3 is 2.86 bits per heavy atom. The fraction of sp³-hybridized carbons (Fsp3) is 0.667. The van der Waals surface area contributed by atoms with Gasteiger partial charge < -0.3 is 19.9 Å². The third-order valence-corrected chi connectivity index (χ3v) is 4.30. The number of amides is 2. The van der Waals surface area contributed by atoms with Gasteiger partial charge in [-0.05, 0) is 19.8 Å². The lowest BCUT2D eigenvalue weighted by Crippen LogP contribution is -2.52. The number of primary amides is 1. The van der Waals surface area contributed by atoms with Crippen LogP contribution in [0.4, 0.5) is 0 Å². The van der Waals surface area contributed by atoms with Gasteiger partial charge in [-0.2, -0.15) is 0 Å². The predicted molar refractivity (Wildman–Crippen MR) is 80.9 cm³/mol. The zero-order valence-electron chi connectivity index (χ0n) is 13.2. The topological polar surface area (TPSA) is 90.5 Å². The van der Waals surface area contributed by atoms with Crippen molar-refractivity contribution < 1.29 is 14.3 Å². The molecule has 1 aromatic rings. The van der Waals surface area contributed by atoms with Crippen molar-refractivity contribution >= 4 is 11.8 Å². The molecule has 1 atom stereocenters. The highest BCUT2D eigenvalue weighted by molar-refractivity contribution is 5.80. The molecule has 0 bridgehead atoms. The van der Waals surface area contributed by atoms with E-state index in [0.717, 1.165) is 18.7 Å². The van der Waals surface area contributed by atoms with Crippen molar-refractivity contribution in [1.82, 2.24) is 14.5 Å². The second-order valence-corrected chi connectivity index (χ2v) is 5.87. The van der Waals surface area contributed by atoms with Gasteiger partial charge in [-0.25, -0.2) is 4.98 Å². The maximum atomic E-state index is 12.6. The van der Waals surface area contributed by atoms with Crippen molar-refractivity contribution in [3.8, 4) is 0 Å². The Balaban J connectivity index is 2.05. The largest absolute Gasteiger partial charge is 0.382 e. The number of likely N-dealkylation sites (tertiary alicyclic amines) is 1. The third-order valence-electron chi connectivity index (χ3n) is 4.30. The molecule has 0 aliphatic carbocycles. The molecule has 2 N–H and O–H groups in total. The summed E-state index contributed by atoms with van der Waals surface area (Å²) in [6, 6.07) is 0. The molecule has 22 heavy (non-hydrogen) atoms. The van der Waals surface area contributed by atoms with Crippen molar-refractivity contribution in [1.29, 1.82) is 0 Å². The number of aromatic nitrogens is 2. The summed E-state index contributed by atoms with van der Waals surface area (Å²) in [5.41, 5.74) is 4.79. The van der Waals surface area contributed by atoms with Crippen LogP contribution >= 0.6 is 0 Å². The van der Waals surface area contributed by atoms with Gasteiger partial charge >= 0.3 is 0 Å². The van der Waals surface area contributed by atoms with Gasteiger partial charge in [-0.1, -0.05) is 0 Å². The van der Waals surface area contributed by atoms with Crippen LogP contribution in [-0.2, 0) is 20.9 Å². The number of hydrogen-bond donors (Lipinski definition) is 1. The van der Waals surface area contributed by atoms with Crippen molar-refractivity contribution in [2.24, 2.45) is 5.73 Å². The first-order valence-electron chi connectivity index (χ1n) is 7.54. The number of imidazole rings is 1. The number of nitrogens with zero attached hydrogens (tertiary/aromatic N) is 3. The molecule has 0 radical (unpaired) electrons. The molecule has 122 valence electrons. The quantitative estimate of drug-likeness (QED) is 0.792. The summed E-state index contributed by atoms with van der Waals surface area (Å²) in [5, 5.41) is 0. The molecular weight excluding hydrogens is 284 g/mol. The minimum absolute atomic E-state index is 0.0314. The summed E-state index contributed by atoms with van der Waals surface area (Å²) in [7, 11) is 1.58. The van der Waals surface area contributed by atoms with E-state index < -0.39 is 11.4 Å². The number of methoxy groups -OCH3 is 1. The molecule has 1 saturated heterocycles. The fourth-order valence-corrected chi connectivity index (χ4v) is 3.30. The predicted octanol–water partition coefficient (Wildman–Crippen LogP) is 0.465. The van der Waals surface area contributed by atoms with Crippen LogP contribution < -0.4 is 5.73 Å². The number of hydrogen-bond acceptors (Lipinski definition) is 4. The Bertz CT molecular complexity index is 543. The van der Waals surface area contributed by atoms with Gasteiger partial charge in [-0.3, -0.25) is 9.59 Å². The minimum atomic E-state index is -0.582. The van der Waals surface area contributed by atoms with E-state index in [1.54, 1.807) is 18.2 Å². The van der Waals surface area contributed by atoms with Gasteiger partial charge in [0.2, 0.25) is 11.8 Å². The van der Waals surface area contributed by atoms with Gasteiger partial charge in [0.25, 0.3) is 0 Å². The SMILES string of the molecule is COCC1(CC(N)=O)CCCN1C(=O)CCn1ccnc1C. The van der Waals surface area contributed by atoms with Gasteiger partial charge in [0.1, 0.15) is 5.82 Å². The second kappa shape index (κ2) is 6.91. The number of carbonyl (C=O) groups excluding carboxylic acids is 2. The van der Waals surface area contributed by atoms with Crippen LogP contribution in [0.2, 0.25) is 0 Å².